The number of carbonyl (C=O) groups is 1. The second kappa shape index (κ2) is 11.6. The van der Waals surface area contributed by atoms with E-state index in [1.165, 1.54) is 5.56 Å². The molecule has 0 aliphatic heterocycles. The molecule has 1 amide bonds. The summed E-state index contributed by atoms with van der Waals surface area (Å²) in [5.74, 6) is 0.529. The Kier molecular flexibility index (Phi) is 11.0. The number of hydrogen-bond donors (Lipinski definition) is 4. The lowest BCUT2D eigenvalue weighted by Gasteiger charge is -2.22. The van der Waals surface area contributed by atoms with Gasteiger partial charge in [-0.1, -0.05) is 45.0 Å². The van der Waals surface area contributed by atoms with Gasteiger partial charge >= 0.3 is 0 Å². The Morgan fingerprint density at radius 2 is 1.68 bits per heavy atom. The molecule has 6 nitrogen and oxygen atoms in total. The lowest BCUT2D eigenvalue weighted by Crippen LogP contribution is -2.42. The highest BCUT2D eigenvalue weighted by Gasteiger charge is 2.26. The van der Waals surface area contributed by atoms with Crippen LogP contribution < -0.4 is 16.0 Å². The van der Waals surface area contributed by atoms with E-state index in [1.54, 1.807) is 7.05 Å². The Labute approximate surface area is 187 Å². The Morgan fingerprint density at radius 3 is 2.14 bits per heavy atom. The summed E-state index contributed by atoms with van der Waals surface area (Å²) < 4.78 is 0. The molecule has 1 aromatic rings. The van der Waals surface area contributed by atoms with Crippen LogP contribution in [0.25, 0.3) is 0 Å². The van der Waals surface area contributed by atoms with Gasteiger partial charge < -0.3 is 21.1 Å². The average molecular weight is 504 g/mol. The van der Waals surface area contributed by atoms with Gasteiger partial charge in [-0.25, -0.2) is 0 Å². The van der Waals surface area contributed by atoms with Crippen LogP contribution in [0.2, 0.25) is 0 Å². The number of benzene rings is 1. The van der Waals surface area contributed by atoms with E-state index in [0.29, 0.717) is 25.6 Å². The minimum absolute atomic E-state index is 0. The highest BCUT2D eigenvalue weighted by atomic mass is 127. The molecule has 28 heavy (non-hydrogen) atoms. The maximum absolute atomic E-state index is 11.9. The van der Waals surface area contributed by atoms with Crippen molar-refractivity contribution >= 4 is 35.8 Å². The van der Waals surface area contributed by atoms with Crippen molar-refractivity contribution in [2.24, 2.45) is 10.4 Å². The number of guanidine groups is 1. The molecule has 0 heterocycles. The van der Waals surface area contributed by atoms with E-state index >= 15 is 0 Å². The molecule has 0 aliphatic carbocycles. The minimum Gasteiger partial charge on any atom is -0.387 e. The molecule has 160 valence electrons. The minimum atomic E-state index is -0.644. The highest BCUT2D eigenvalue weighted by molar-refractivity contribution is 14.0. The number of amides is 1. The quantitative estimate of drug-likeness (QED) is 0.261. The summed E-state index contributed by atoms with van der Waals surface area (Å²) in [4.78, 5) is 16.4. The fraction of sp³-hybridized carbons (Fsp3) is 0.619. The van der Waals surface area contributed by atoms with Crippen molar-refractivity contribution in [2.75, 3.05) is 26.7 Å². The molecule has 0 saturated carbocycles. The Hall–Kier alpha value is -1.35. The predicted molar refractivity (Wildman–Crippen MR) is 127 cm³/mol. The first-order valence-electron chi connectivity index (χ1n) is 9.54. The number of hydrogen-bond acceptors (Lipinski definition) is 3. The lowest BCUT2D eigenvalue weighted by atomic mass is 9.86. The maximum atomic E-state index is 11.9. The van der Waals surface area contributed by atoms with Crippen LogP contribution in [0.15, 0.2) is 29.3 Å². The van der Waals surface area contributed by atoms with Crippen molar-refractivity contribution in [2.45, 2.75) is 53.1 Å². The van der Waals surface area contributed by atoms with Crippen molar-refractivity contribution in [3.63, 3.8) is 0 Å². The molecule has 1 aromatic carbocycles. The van der Waals surface area contributed by atoms with Crippen LogP contribution in [0.5, 0.6) is 0 Å². The summed E-state index contributed by atoms with van der Waals surface area (Å²) in [5.41, 5.74) is 1.58. The number of aliphatic imine (C=N–C) groups is 1. The number of rotatable bonds is 7. The number of halogens is 1. The Bertz CT molecular complexity index is 637. The molecule has 0 bridgehead atoms. The fourth-order valence-corrected chi connectivity index (χ4v) is 2.55. The van der Waals surface area contributed by atoms with Gasteiger partial charge in [-0.3, -0.25) is 9.79 Å². The largest absolute Gasteiger partial charge is 0.387 e. The SMILES string of the molecule is CCNC(=NCC(C)(C)C(=O)NC)NCC(O)c1ccc(C(C)(C)C)cc1.I. The van der Waals surface area contributed by atoms with E-state index in [9.17, 15) is 9.90 Å². The van der Waals surface area contributed by atoms with Gasteiger partial charge in [0, 0.05) is 20.1 Å². The number of aliphatic hydroxyl groups excluding tert-OH is 1. The molecular formula is C21H37IN4O2. The first kappa shape index (κ1) is 26.6. The van der Waals surface area contributed by atoms with Crippen LogP contribution in [0.3, 0.4) is 0 Å². The molecule has 0 spiro atoms. The van der Waals surface area contributed by atoms with Crippen molar-refractivity contribution in [3.05, 3.63) is 35.4 Å². The first-order valence-corrected chi connectivity index (χ1v) is 9.54. The van der Waals surface area contributed by atoms with E-state index in [0.717, 1.165) is 5.56 Å². The standard InChI is InChI=1S/C21H36N4O2.HI/c1-8-23-19(25-14-21(5,6)18(27)22-7)24-13-17(26)15-9-11-16(12-10-15)20(2,3)4;/h9-12,17,26H,8,13-14H2,1-7H3,(H,22,27)(H2,23,24,25);1H. The Balaban J connectivity index is 0.00000729. The number of nitrogens with zero attached hydrogens (tertiary/aromatic N) is 1. The smallest absolute Gasteiger partial charge is 0.227 e. The summed E-state index contributed by atoms with van der Waals surface area (Å²) in [6.07, 6.45) is -0.644. The van der Waals surface area contributed by atoms with Gasteiger partial charge in [0.1, 0.15) is 0 Å². The molecule has 0 aliphatic rings. The summed E-state index contributed by atoms with van der Waals surface area (Å²) in [6, 6.07) is 8.05. The van der Waals surface area contributed by atoms with Crippen LogP contribution in [-0.4, -0.2) is 43.7 Å². The summed E-state index contributed by atoms with van der Waals surface area (Å²) in [6.45, 7) is 13.6. The predicted octanol–water partition coefficient (Wildman–Crippen LogP) is 2.96. The number of nitrogens with one attached hydrogen (secondary N) is 3. The van der Waals surface area contributed by atoms with Gasteiger partial charge in [0.2, 0.25) is 5.91 Å². The van der Waals surface area contributed by atoms with Gasteiger partial charge in [0.05, 0.1) is 18.1 Å². The molecule has 0 saturated heterocycles. The second-order valence-electron chi connectivity index (χ2n) is 8.43. The van der Waals surface area contributed by atoms with Gasteiger partial charge in [0.25, 0.3) is 0 Å². The van der Waals surface area contributed by atoms with Gasteiger partial charge in [-0.15, -0.1) is 24.0 Å². The van der Waals surface area contributed by atoms with Crippen LogP contribution in [0.4, 0.5) is 0 Å². The first-order chi connectivity index (χ1) is 12.5. The number of carbonyl (C=O) groups excluding carboxylic acids is 1. The molecular weight excluding hydrogens is 467 g/mol. The van der Waals surface area contributed by atoms with Crippen LogP contribution in [0, 0.1) is 5.41 Å². The lowest BCUT2D eigenvalue weighted by molar-refractivity contribution is -0.128. The van der Waals surface area contributed by atoms with Gasteiger partial charge in [-0.2, -0.15) is 0 Å². The van der Waals surface area contributed by atoms with E-state index < -0.39 is 11.5 Å². The highest BCUT2D eigenvalue weighted by Crippen LogP contribution is 2.23. The van der Waals surface area contributed by atoms with Crippen molar-refractivity contribution in [3.8, 4) is 0 Å². The molecule has 0 aromatic heterocycles. The zero-order chi connectivity index (χ0) is 20.7. The maximum Gasteiger partial charge on any atom is 0.227 e. The third kappa shape index (κ3) is 8.34. The monoisotopic (exact) mass is 504 g/mol. The van der Waals surface area contributed by atoms with Crippen molar-refractivity contribution < 1.29 is 9.90 Å². The van der Waals surface area contributed by atoms with Crippen LogP contribution in [0.1, 0.15) is 58.8 Å². The third-order valence-corrected chi connectivity index (χ3v) is 4.44. The van der Waals surface area contributed by atoms with E-state index in [-0.39, 0.29) is 35.3 Å². The van der Waals surface area contributed by atoms with Crippen molar-refractivity contribution in [1.29, 1.82) is 0 Å². The third-order valence-electron chi connectivity index (χ3n) is 4.44. The molecule has 7 heteroatoms. The summed E-state index contributed by atoms with van der Waals surface area (Å²) in [5, 5.41) is 19.4. The molecule has 0 radical (unpaired) electrons. The van der Waals surface area contributed by atoms with Gasteiger partial charge in [-0.05, 0) is 37.3 Å². The van der Waals surface area contributed by atoms with Crippen LogP contribution >= 0.6 is 24.0 Å². The molecule has 1 rings (SSSR count). The number of aliphatic hydroxyl groups is 1. The second-order valence-corrected chi connectivity index (χ2v) is 8.43. The van der Waals surface area contributed by atoms with Crippen molar-refractivity contribution in [1.82, 2.24) is 16.0 Å². The zero-order valence-electron chi connectivity index (χ0n) is 18.2. The summed E-state index contributed by atoms with van der Waals surface area (Å²) in [7, 11) is 1.62. The topological polar surface area (TPSA) is 85.8 Å². The van der Waals surface area contributed by atoms with Crippen LogP contribution in [-0.2, 0) is 10.2 Å². The summed E-state index contributed by atoms with van der Waals surface area (Å²) >= 11 is 0. The molecule has 4 N–H and O–H groups in total. The Morgan fingerprint density at radius 1 is 1.11 bits per heavy atom. The average Bonchev–Trinajstić information content (AvgIpc) is 2.62. The molecule has 1 atom stereocenters. The van der Waals surface area contributed by atoms with E-state index in [2.05, 4.69) is 53.8 Å². The zero-order valence-corrected chi connectivity index (χ0v) is 20.5. The van der Waals surface area contributed by atoms with Gasteiger partial charge in [0.15, 0.2) is 5.96 Å². The van der Waals surface area contributed by atoms with E-state index in [1.807, 2.05) is 32.9 Å². The fourth-order valence-electron chi connectivity index (χ4n) is 2.55. The van der Waals surface area contributed by atoms with E-state index in [4.69, 9.17) is 0 Å². The normalized spacial score (nSPS) is 13.4. The molecule has 1 unspecified atom stereocenters. The molecule has 0 fully saturated rings.